The number of aryl methyl sites for hydroxylation is 3. The molecule has 0 saturated heterocycles. The number of phenols is 1. The number of hydrogen-bond acceptors (Lipinski definition) is 2. The number of phenolic OH excluding ortho intramolecular Hbond substituents is 1. The zero-order chi connectivity index (χ0) is 20.3. The van der Waals surface area contributed by atoms with Gasteiger partial charge in [-0.25, -0.2) is 0 Å². The lowest BCUT2D eigenvalue weighted by Gasteiger charge is -2.15. The van der Waals surface area contributed by atoms with Crippen molar-refractivity contribution in [3.05, 3.63) is 82.9 Å². The van der Waals surface area contributed by atoms with Gasteiger partial charge in [0.1, 0.15) is 18.1 Å². The van der Waals surface area contributed by atoms with Gasteiger partial charge in [0.15, 0.2) is 0 Å². The van der Waals surface area contributed by atoms with Gasteiger partial charge in [-0.3, -0.25) is 0 Å². The second-order valence-corrected chi connectivity index (χ2v) is 7.60. The highest BCUT2D eigenvalue weighted by molar-refractivity contribution is 5.77. The Morgan fingerprint density at radius 3 is 1.93 bits per heavy atom. The lowest BCUT2D eigenvalue weighted by Crippen LogP contribution is -1.97. The van der Waals surface area contributed by atoms with Crippen molar-refractivity contribution in [2.24, 2.45) is 0 Å². The Morgan fingerprint density at radius 1 is 0.786 bits per heavy atom. The van der Waals surface area contributed by atoms with Gasteiger partial charge in [0.2, 0.25) is 0 Å². The van der Waals surface area contributed by atoms with Crippen molar-refractivity contribution < 1.29 is 9.84 Å². The summed E-state index contributed by atoms with van der Waals surface area (Å²) in [5.41, 5.74) is 9.58. The zero-order valence-corrected chi connectivity index (χ0v) is 17.3. The molecular formula is C26H28O2. The first kappa shape index (κ1) is 19.8. The summed E-state index contributed by atoms with van der Waals surface area (Å²) in [6, 6.07) is 18.2. The summed E-state index contributed by atoms with van der Waals surface area (Å²) in [6.45, 7) is 11.1. The average molecular weight is 373 g/mol. The lowest BCUT2D eigenvalue weighted by atomic mass is 9.91. The molecule has 0 spiro atoms. The molecule has 0 aliphatic carbocycles. The minimum Gasteiger partial charge on any atom is -0.508 e. The van der Waals surface area contributed by atoms with Gasteiger partial charge < -0.3 is 9.84 Å². The molecule has 144 valence electrons. The van der Waals surface area contributed by atoms with Crippen LogP contribution in [-0.4, -0.2) is 11.7 Å². The highest BCUT2D eigenvalue weighted by atomic mass is 16.5. The van der Waals surface area contributed by atoms with E-state index in [-0.39, 0.29) is 5.75 Å². The van der Waals surface area contributed by atoms with Crippen LogP contribution in [0, 0.1) is 20.8 Å². The molecule has 0 bridgehead atoms. The summed E-state index contributed by atoms with van der Waals surface area (Å²) in [5, 5.41) is 9.54. The topological polar surface area (TPSA) is 29.5 Å². The SMILES string of the molecule is CC(C)=CCOc1ccc(-c2cc(C)c(-c3ccc(O)cc3)cc2C)cc1C. The minimum atomic E-state index is 0.289. The largest absolute Gasteiger partial charge is 0.508 e. The Labute approximate surface area is 168 Å². The summed E-state index contributed by atoms with van der Waals surface area (Å²) in [5.74, 6) is 1.22. The summed E-state index contributed by atoms with van der Waals surface area (Å²) < 4.78 is 5.88. The number of allylic oxidation sites excluding steroid dienone is 1. The molecule has 3 rings (SSSR count). The summed E-state index contributed by atoms with van der Waals surface area (Å²) in [7, 11) is 0. The molecule has 2 heteroatoms. The van der Waals surface area contributed by atoms with Crippen LogP contribution in [0.5, 0.6) is 11.5 Å². The fourth-order valence-electron chi connectivity index (χ4n) is 3.36. The first-order valence-corrected chi connectivity index (χ1v) is 9.63. The van der Waals surface area contributed by atoms with Gasteiger partial charge in [0.05, 0.1) is 0 Å². The van der Waals surface area contributed by atoms with Crippen LogP contribution in [0.3, 0.4) is 0 Å². The van der Waals surface area contributed by atoms with Gasteiger partial charge in [-0.05, 0) is 104 Å². The summed E-state index contributed by atoms with van der Waals surface area (Å²) in [6.07, 6.45) is 2.09. The van der Waals surface area contributed by atoms with E-state index >= 15 is 0 Å². The van der Waals surface area contributed by atoms with Crippen molar-refractivity contribution in [1.29, 1.82) is 0 Å². The van der Waals surface area contributed by atoms with Gasteiger partial charge in [0, 0.05) is 0 Å². The van der Waals surface area contributed by atoms with Crippen LogP contribution in [0.2, 0.25) is 0 Å². The third-order valence-corrected chi connectivity index (χ3v) is 4.97. The maximum absolute atomic E-state index is 9.54. The van der Waals surface area contributed by atoms with Crippen molar-refractivity contribution in [1.82, 2.24) is 0 Å². The summed E-state index contributed by atoms with van der Waals surface area (Å²) in [4.78, 5) is 0. The van der Waals surface area contributed by atoms with Crippen molar-refractivity contribution in [2.45, 2.75) is 34.6 Å². The van der Waals surface area contributed by atoms with Crippen LogP contribution < -0.4 is 4.74 Å². The highest BCUT2D eigenvalue weighted by Gasteiger charge is 2.10. The fourth-order valence-corrected chi connectivity index (χ4v) is 3.36. The molecule has 1 N–H and O–H groups in total. The molecule has 0 radical (unpaired) electrons. The van der Waals surface area contributed by atoms with Crippen molar-refractivity contribution in [3.8, 4) is 33.8 Å². The number of aromatic hydroxyl groups is 1. The molecule has 3 aromatic carbocycles. The quantitative estimate of drug-likeness (QED) is 0.489. The van der Waals surface area contributed by atoms with Crippen LogP contribution in [0.4, 0.5) is 0 Å². The van der Waals surface area contributed by atoms with E-state index in [9.17, 15) is 5.11 Å². The molecule has 0 aliphatic rings. The van der Waals surface area contributed by atoms with Crippen molar-refractivity contribution in [3.63, 3.8) is 0 Å². The van der Waals surface area contributed by atoms with E-state index in [0.29, 0.717) is 6.61 Å². The highest BCUT2D eigenvalue weighted by Crippen LogP contribution is 2.34. The van der Waals surface area contributed by atoms with Crippen LogP contribution in [0.15, 0.2) is 66.2 Å². The maximum Gasteiger partial charge on any atom is 0.122 e. The van der Waals surface area contributed by atoms with Crippen LogP contribution in [-0.2, 0) is 0 Å². The van der Waals surface area contributed by atoms with E-state index in [2.05, 4.69) is 71.0 Å². The number of rotatable bonds is 5. The molecule has 0 heterocycles. The fraction of sp³-hybridized carbons (Fsp3) is 0.231. The smallest absolute Gasteiger partial charge is 0.122 e. The molecule has 0 amide bonds. The van der Waals surface area contributed by atoms with E-state index in [1.54, 1.807) is 12.1 Å². The number of hydrogen-bond donors (Lipinski definition) is 1. The average Bonchev–Trinajstić information content (AvgIpc) is 2.65. The zero-order valence-electron chi connectivity index (χ0n) is 17.3. The predicted molar refractivity (Wildman–Crippen MR) is 118 cm³/mol. The third-order valence-electron chi connectivity index (χ3n) is 4.97. The molecule has 3 aromatic rings. The molecule has 0 atom stereocenters. The minimum absolute atomic E-state index is 0.289. The Bertz CT molecular complexity index is 1010. The van der Waals surface area contributed by atoms with Crippen LogP contribution in [0.25, 0.3) is 22.3 Å². The van der Waals surface area contributed by atoms with E-state index in [1.807, 2.05) is 12.1 Å². The van der Waals surface area contributed by atoms with E-state index in [1.165, 1.54) is 33.4 Å². The van der Waals surface area contributed by atoms with E-state index in [0.717, 1.165) is 16.9 Å². The molecule has 0 aliphatic heterocycles. The van der Waals surface area contributed by atoms with Gasteiger partial charge in [0.25, 0.3) is 0 Å². The van der Waals surface area contributed by atoms with Crippen LogP contribution >= 0.6 is 0 Å². The molecule has 0 unspecified atom stereocenters. The Morgan fingerprint density at radius 2 is 1.36 bits per heavy atom. The normalized spacial score (nSPS) is 10.6. The van der Waals surface area contributed by atoms with Gasteiger partial charge in [-0.2, -0.15) is 0 Å². The van der Waals surface area contributed by atoms with Crippen LogP contribution in [0.1, 0.15) is 30.5 Å². The van der Waals surface area contributed by atoms with E-state index < -0.39 is 0 Å². The first-order chi connectivity index (χ1) is 13.3. The van der Waals surface area contributed by atoms with Gasteiger partial charge in [-0.1, -0.05) is 35.9 Å². The monoisotopic (exact) mass is 372 g/mol. The number of benzene rings is 3. The third kappa shape index (κ3) is 4.45. The Kier molecular flexibility index (Phi) is 5.89. The molecule has 28 heavy (non-hydrogen) atoms. The second-order valence-electron chi connectivity index (χ2n) is 7.60. The second kappa shape index (κ2) is 8.35. The number of ether oxygens (including phenoxy) is 1. The lowest BCUT2D eigenvalue weighted by molar-refractivity contribution is 0.359. The Balaban J connectivity index is 1.91. The Hall–Kier alpha value is -3.00. The molecule has 0 saturated carbocycles. The predicted octanol–water partition coefficient (Wildman–Crippen LogP) is 7.00. The molecule has 2 nitrogen and oxygen atoms in total. The molecule has 0 aromatic heterocycles. The molecule has 0 fully saturated rings. The maximum atomic E-state index is 9.54. The summed E-state index contributed by atoms with van der Waals surface area (Å²) >= 11 is 0. The molecular weight excluding hydrogens is 344 g/mol. The van der Waals surface area contributed by atoms with E-state index in [4.69, 9.17) is 4.74 Å². The first-order valence-electron chi connectivity index (χ1n) is 9.63. The standard InChI is InChI=1S/C26H28O2/c1-17(2)12-13-28-26-11-8-22(14-20(26)5)25-16-18(3)24(15-19(25)4)21-6-9-23(27)10-7-21/h6-12,14-16,27H,13H2,1-5H3. The van der Waals surface area contributed by atoms with Crippen molar-refractivity contribution >= 4 is 0 Å². The van der Waals surface area contributed by atoms with Crippen molar-refractivity contribution in [2.75, 3.05) is 6.61 Å². The van der Waals surface area contributed by atoms with Gasteiger partial charge in [-0.15, -0.1) is 0 Å². The van der Waals surface area contributed by atoms with Gasteiger partial charge >= 0.3 is 0 Å².